The summed E-state index contributed by atoms with van der Waals surface area (Å²) in [4.78, 5) is 13.4. The molecule has 0 saturated heterocycles. The third-order valence-electron chi connectivity index (χ3n) is 3.55. The zero-order valence-electron chi connectivity index (χ0n) is 11.9. The average Bonchev–Trinajstić information content (AvgIpc) is 2.41. The number of hydrogen-bond donors (Lipinski definition) is 1. The minimum Gasteiger partial charge on any atom is -0.378 e. The average molecular weight is 256 g/mol. The van der Waals surface area contributed by atoms with E-state index in [1.807, 2.05) is 13.8 Å². The van der Waals surface area contributed by atoms with Gasteiger partial charge in [0.2, 0.25) is 0 Å². The van der Waals surface area contributed by atoms with Gasteiger partial charge in [0.25, 0.3) is 0 Å². The fourth-order valence-corrected chi connectivity index (χ4v) is 2.37. The van der Waals surface area contributed by atoms with Crippen molar-refractivity contribution >= 4 is 6.03 Å². The number of amides is 2. The van der Waals surface area contributed by atoms with E-state index in [4.69, 9.17) is 4.74 Å². The number of rotatable bonds is 7. The summed E-state index contributed by atoms with van der Waals surface area (Å²) in [5.41, 5.74) is 0. The monoisotopic (exact) mass is 256 g/mol. The van der Waals surface area contributed by atoms with Crippen LogP contribution in [0.3, 0.4) is 0 Å². The molecular formula is C14H28N2O2. The largest absolute Gasteiger partial charge is 0.378 e. The molecule has 4 nitrogen and oxygen atoms in total. The summed E-state index contributed by atoms with van der Waals surface area (Å²) >= 11 is 0. The highest BCUT2D eigenvalue weighted by atomic mass is 16.5. The summed E-state index contributed by atoms with van der Waals surface area (Å²) in [6, 6.07) is 0.0395. The summed E-state index contributed by atoms with van der Waals surface area (Å²) < 4.78 is 5.81. The number of nitrogens with one attached hydrogen (secondary N) is 1. The first-order valence-electron chi connectivity index (χ1n) is 7.42. The Labute approximate surface area is 111 Å². The minimum atomic E-state index is 0.0395. The first-order valence-corrected chi connectivity index (χ1v) is 7.42. The van der Waals surface area contributed by atoms with E-state index in [-0.39, 0.29) is 6.03 Å². The third-order valence-corrected chi connectivity index (χ3v) is 3.55. The Kier molecular flexibility index (Phi) is 7.81. The van der Waals surface area contributed by atoms with E-state index in [0.29, 0.717) is 12.6 Å². The van der Waals surface area contributed by atoms with Gasteiger partial charge >= 0.3 is 6.03 Å². The lowest BCUT2D eigenvalue weighted by Crippen LogP contribution is -2.40. The highest BCUT2D eigenvalue weighted by Crippen LogP contribution is 2.20. The highest BCUT2D eigenvalue weighted by Gasteiger charge is 2.13. The number of hydrogen-bond acceptors (Lipinski definition) is 2. The number of nitrogens with zero attached hydrogens (tertiary/aromatic N) is 1. The Morgan fingerprint density at radius 2 is 1.89 bits per heavy atom. The second-order valence-corrected chi connectivity index (χ2v) is 4.89. The summed E-state index contributed by atoms with van der Waals surface area (Å²) in [7, 11) is 0. The van der Waals surface area contributed by atoms with E-state index < -0.39 is 0 Å². The molecular weight excluding hydrogens is 228 g/mol. The summed E-state index contributed by atoms with van der Waals surface area (Å²) in [5.74, 6) is 0. The second-order valence-electron chi connectivity index (χ2n) is 4.89. The van der Waals surface area contributed by atoms with Gasteiger partial charge < -0.3 is 15.0 Å². The summed E-state index contributed by atoms with van der Waals surface area (Å²) in [5, 5.41) is 2.93. The van der Waals surface area contributed by atoms with E-state index in [0.717, 1.165) is 26.1 Å². The van der Waals surface area contributed by atoms with Crippen molar-refractivity contribution in [1.82, 2.24) is 10.2 Å². The van der Waals surface area contributed by atoms with Crippen molar-refractivity contribution in [3.8, 4) is 0 Å². The fraction of sp³-hybridized carbons (Fsp3) is 0.929. The van der Waals surface area contributed by atoms with Crippen LogP contribution in [0.15, 0.2) is 0 Å². The van der Waals surface area contributed by atoms with Crippen LogP contribution in [0.25, 0.3) is 0 Å². The molecule has 1 fully saturated rings. The molecule has 0 aromatic heterocycles. The zero-order chi connectivity index (χ0) is 13.2. The summed E-state index contributed by atoms with van der Waals surface area (Å²) in [6.07, 6.45) is 7.78. The molecule has 2 amide bonds. The smallest absolute Gasteiger partial charge is 0.317 e. The number of carbonyl (C=O) groups is 1. The van der Waals surface area contributed by atoms with Crippen molar-refractivity contribution in [2.24, 2.45) is 0 Å². The molecule has 0 aliphatic heterocycles. The van der Waals surface area contributed by atoms with Crippen LogP contribution >= 0.6 is 0 Å². The first kappa shape index (κ1) is 15.3. The van der Waals surface area contributed by atoms with Crippen LogP contribution < -0.4 is 5.32 Å². The van der Waals surface area contributed by atoms with Crippen LogP contribution in [0.2, 0.25) is 0 Å². The molecule has 0 aromatic carbocycles. The molecule has 0 atom stereocenters. The van der Waals surface area contributed by atoms with E-state index in [1.54, 1.807) is 4.90 Å². The maximum absolute atomic E-state index is 11.6. The first-order chi connectivity index (χ1) is 8.77. The lowest BCUT2D eigenvalue weighted by Gasteiger charge is -2.22. The molecule has 106 valence electrons. The van der Waals surface area contributed by atoms with E-state index in [1.165, 1.54) is 32.1 Å². The zero-order valence-corrected chi connectivity index (χ0v) is 11.9. The molecule has 1 aliphatic rings. The number of carbonyl (C=O) groups excluding carboxylic acids is 1. The van der Waals surface area contributed by atoms with Crippen LogP contribution in [0.5, 0.6) is 0 Å². The van der Waals surface area contributed by atoms with Crippen molar-refractivity contribution in [3.05, 3.63) is 0 Å². The lowest BCUT2D eigenvalue weighted by atomic mass is 9.98. The molecule has 1 rings (SSSR count). The molecule has 1 N–H and O–H groups in total. The van der Waals surface area contributed by atoms with E-state index >= 15 is 0 Å². The van der Waals surface area contributed by atoms with Gasteiger partial charge in [-0.1, -0.05) is 19.3 Å². The number of ether oxygens (including phenoxy) is 1. The van der Waals surface area contributed by atoms with Gasteiger partial charge in [-0.25, -0.2) is 4.79 Å². The molecule has 4 heteroatoms. The van der Waals surface area contributed by atoms with Crippen molar-refractivity contribution in [2.45, 2.75) is 58.5 Å². The van der Waals surface area contributed by atoms with Crippen molar-refractivity contribution < 1.29 is 9.53 Å². The van der Waals surface area contributed by atoms with Gasteiger partial charge in [-0.3, -0.25) is 0 Å². The van der Waals surface area contributed by atoms with Crippen molar-refractivity contribution in [1.29, 1.82) is 0 Å². The fourth-order valence-electron chi connectivity index (χ4n) is 2.37. The minimum absolute atomic E-state index is 0.0395. The molecule has 0 radical (unpaired) electrons. The van der Waals surface area contributed by atoms with Crippen LogP contribution in [-0.2, 0) is 4.74 Å². The SMILES string of the molecule is CCN(CC)C(=O)NCCCOC1CCCCC1. The number of urea groups is 1. The van der Waals surface area contributed by atoms with E-state index in [9.17, 15) is 4.79 Å². The van der Waals surface area contributed by atoms with Crippen LogP contribution in [0.1, 0.15) is 52.4 Å². The Morgan fingerprint density at radius 1 is 1.22 bits per heavy atom. The second kappa shape index (κ2) is 9.20. The van der Waals surface area contributed by atoms with Crippen LogP contribution in [0.4, 0.5) is 4.79 Å². The Hall–Kier alpha value is -0.770. The Morgan fingerprint density at radius 3 is 2.50 bits per heavy atom. The van der Waals surface area contributed by atoms with Gasteiger partial charge in [-0.05, 0) is 33.1 Å². The molecule has 0 unspecified atom stereocenters. The lowest BCUT2D eigenvalue weighted by molar-refractivity contribution is 0.0274. The normalized spacial score (nSPS) is 16.6. The summed E-state index contributed by atoms with van der Waals surface area (Å²) in [6.45, 7) is 7.00. The topological polar surface area (TPSA) is 41.6 Å². The van der Waals surface area contributed by atoms with Gasteiger partial charge in [0.05, 0.1) is 6.10 Å². The quantitative estimate of drug-likeness (QED) is 0.712. The van der Waals surface area contributed by atoms with Gasteiger partial charge in [-0.15, -0.1) is 0 Å². The van der Waals surface area contributed by atoms with Gasteiger partial charge in [0.1, 0.15) is 0 Å². The molecule has 0 spiro atoms. The maximum Gasteiger partial charge on any atom is 0.317 e. The van der Waals surface area contributed by atoms with Gasteiger partial charge in [0.15, 0.2) is 0 Å². The molecule has 1 aliphatic carbocycles. The Balaban J connectivity index is 1.99. The molecule has 0 bridgehead atoms. The predicted octanol–water partition coefficient (Wildman–Crippen LogP) is 2.78. The third kappa shape index (κ3) is 5.71. The van der Waals surface area contributed by atoms with Crippen molar-refractivity contribution in [3.63, 3.8) is 0 Å². The molecule has 0 heterocycles. The predicted molar refractivity (Wildman–Crippen MR) is 73.8 cm³/mol. The highest BCUT2D eigenvalue weighted by molar-refractivity contribution is 5.73. The van der Waals surface area contributed by atoms with Gasteiger partial charge in [0, 0.05) is 26.2 Å². The van der Waals surface area contributed by atoms with Gasteiger partial charge in [-0.2, -0.15) is 0 Å². The van der Waals surface area contributed by atoms with Crippen LogP contribution in [-0.4, -0.2) is 43.3 Å². The molecule has 1 saturated carbocycles. The maximum atomic E-state index is 11.6. The molecule has 0 aromatic rings. The molecule has 18 heavy (non-hydrogen) atoms. The van der Waals surface area contributed by atoms with Crippen molar-refractivity contribution in [2.75, 3.05) is 26.2 Å². The Bertz CT molecular complexity index is 224. The standard InChI is InChI=1S/C14H28N2O2/c1-3-16(4-2)14(17)15-11-8-12-18-13-9-6-5-7-10-13/h13H,3-12H2,1-2H3,(H,15,17). The van der Waals surface area contributed by atoms with E-state index in [2.05, 4.69) is 5.32 Å². The van der Waals surface area contributed by atoms with Crippen LogP contribution in [0, 0.1) is 0 Å².